The van der Waals surface area contributed by atoms with E-state index in [9.17, 15) is 25.1 Å². The summed E-state index contributed by atoms with van der Waals surface area (Å²) in [6.45, 7) is 0.498. The summed E-state index contributed by atoms with van der Waals surface area (Å²) in [4.78, 5) is 25.9. The Bertz CT molecular complexity index is 1950. The van der Waals surface area contributed by atoms with Gasteiger partial charge in [0.25, 0.3) is 11.8 Å². The zero-order chi connectivity index (χ0) is 35.1. The fourth-order valence-corrected chi connectivity index (χ4v) is 7.39. The minimum Gasteiger partial charge on any atom is -0.503 e. The van der Waals surface area contributed by atoms with Crippen LogP contribution in [0.25, 0.3) is 0 Å². The Hall–Kier alpha value is -3.92. The number of oxime groups is 2. The molecule has 0 saturated heterocycles. The first-order chi connectivity index (χ1) is 23.5. The monoisotopic (exact) mass is 920 g/mol. The number of carbonyl (C=O) groups excluding carboxylic acids is 2. The van der Waals surface area contributed by atoms with Gasteiger partial charge in [0.15, 0.2) is 17.2 Å². The van der Waals surface area contributed by atoms with Crippen LogP contribution in [0.15, 0.2) is 94.9 Å². The van der Waals surface area contributed by atoms with E-state index in [1.54, 1.807) is 54.6 Å². The Balaban J connectivity index is 1.44. The molecule has 11 nitrogen and oxygen atoms in total. The molecule has 3 heterocycles. The molecule has 0 atom stereocenters. The van der Waals surface area contributed by atoms with E-state index < -0.39 is 11.8 Å². The zero-order valence-electron chi connectivity index (χ0n) is 25.5. The molecule has 4 aromatic rings. The number of fused-ring (bicyclic) bond motifs is 2. The SMILES string of the molecule is O=C1NCCc2ccc(c(Br)c2)Oc2cc(cc(Br)c2O)CCNC(=O)/C(=N/O)Cc2cccc(c2)Oc2c(Br)cc(cc2Br)C/C1=N/O. The molecule has 0 aromatic heterocycles. The molecule has 8 bridgehead atoms. The zero-order valence-corrected chi connectivity index (χ0v) is 31.8. The lowest BCUT2D eigenvalue weighted by Gasteiger charge is -2.15. The van der Waals surface area contributed by atoms with Crippen molar-refractivity contribution in [2.24, 2.45) is 10.3 Å². The van der Waals surface area contributed by atoms with E-state index in [0.717, 1.165) is 11.1 Å². The van der Waals surface area contributed by atoms with Crippen LogP contribution >= 0.6 is 63.7 Å². The Labute approximate surface area is 314 Å². The van der Waals surface area contributed by atoms with Crippen molar-refractivity contribution in [1.82, 2.24) is 10.6 Å². The lowest BCUT2D eigenvalue weighted by molar-refractivity contribution is -0.115. The number of amides is 2. The fourth-order valence-electron chi connectivity index (χ4n) is 4.95. The first-order valence-electron chi connectivity index (χ1n) is 14.7. The van der Waals surface area contributed by atoms with Crippen LogP contribution in [0, 0.1) is 0 Å². The molecule has 0 unspecified atom stereocenters. The summed E-state index contributed by atoms with van der Waals surface area (Å²) in [6, 6.07) is 19.3. The van der Waals surface area contributed by atoms with Gasteiger partial charge in [-0.05, 0) is 147 Å². The molecule has 3 aliphatic heterocycles. The highest BCUT2D eigenvalue weighted by atomic mass is 79.9. The largest absolute Gasteiger partial charge is 0.503 e. The van der Waals surface area contributed by atoms with Gasteiger partial charge in [-0.1, -0.05) is 28.5 Å². The topological polar surface area (TPSA) is 162 Å². The van der Waals surface area contributed by atoms with E-state index in [1.165, 1.54) is 0 Å². The highest BCUT2D eigenvalue weighted by Gasteiger charge is 2.19. The maximum absolute atomic E-state index is 13.0. The van der Waals surface area contributed by atoms with Crippen molar-refractivity contribution in [2.75, 3.05) is 13.1 Å². The summed E-state index contributed by atoms with van der Waals surface area (Å²) in [5.74, 6) is 0.427. The van der Waals surface area contributed by atoms with Crippen LogP contribution in [0.5, 0.6) is 28.7 Å². The third kappa shape index (κ3) is 9.41. The normalized spacial score (nSPS) is 16.3. The molecule has 3 aliphatic rings. The Kier molecular flexibility index (Phi) is 12.4. The van der Waals surface area contributed by atoms with Crippen molar-refractivity contribution >= 4 is 87.0 Å². The second-order valence-corrected chi connectivity index (χ2v) is 14.3. The average molecular weight is 924 g/mol. The molecule has 4 aromatic carbocycles. The van der Waals surface area contributed by atoms with Gasteiger partial charge in [0.05, 0.1) is 17.9 Å². The van der Waals surface area contributed by atoms with Crippen molar-refractivity contribution in [3.63, 3.8) is 0 Å². The van der Waals surface area contributed by atoms with Gasteiger partial charge in [0.2, 0.25) is 0 Å². The van der Waals surface area contributed by atoms with Crippen LogP contribution < -0.4 is 20.1 Å². The van der Waals surface area contributed by atoms with E-state index in [1.807, 2.05) is 12.1 Å². The number of hydrogen-bond donors (Lipinski definition) is 5. The molecule has 7 rings (SSSR count). The first-order valence-corrected chi connectivity index (χ1v) is 17.9. The van der Waals surface area contributed by atoms with Crippen LogP contribution in [0.2, 0.25) is 0 Å². The van der Waals surface area contributed by atoms with Crippen molar-refractivity contribution in [3.8, 4) is 28.7 Å². The van der Waals surface area contributed by atoms with E-state index >= 15 is 0 Å². The van der Waals surface area contributed by atoms with Gasteiger partial charge >= 0.3 is 0 Å². The maximum atomic E-state index is 13.0. The predicted octanol–water partition coefficient (Wildman–Crippen LogP) is 7.80. The van der Waals surface area contributed by atoms with E-state index in [2.05, 4.69) is 84.7 Å². The van der Waals surface area contributed by atoms with Crippen molar-refractivity contribution in [1.29, 1.82) is 0 Å². The molecule has 15 heteroatoms. The third-order valence-electron chi connectivity index (χ3n) is 7.39. The highest BCUT2D eigenvalue weighted by Crippen LogP contribution is 2.41. The summed E-state index contributed by atoms with van der Waals surface area (Å²) in [5, 5.41) is 42.1. The number of ether oxygens (including phenoxy) is 2. The Morgan fingerprint density at radius 1 is 0.612 bits per heavy atom. The first kappa shape index (κ1) is 36.4. The maximum Gasteiger partial charge on any atom is 0.269 e. The van der Waals surface area contributed by atoms with Gasteiger partial charge in [-0.3, -0.25) is 9.59 Å². The van der Waals surface area contributed by atoms with Crippen molar-refractivity contribution < 1.29 is 34.6 Å². The molecule has 0 radical (unpaired) electrons. The van der Waals surface area contributed by atoms with Crippen molar-refractivity contribution in [2.45, 2.75) is 25.7 Å². The minimum absolute atomic E-state index is 0.0303. The second kappa shape index (κ2) is 16.7. The smallest absolute Gasteiger partial charge is 0.269 e. The third-order valence-corrected chi connectivity index (χ3v) is 9.79. The summed E-state index contributed by atoms with van der Waals surface area (Å²) < 4.78 is 14.4. The number of benzene rings is 4. The summed E-state index contributed by atoms with van der Waals surface area (Å²) in [7, 11) is 0. The number of hydrogen-bond acceptors (Lipinski definition) is 9. The number of nitrogens with zero attached hydrogens (tertiary/aromatic N) is 2. The molecule has 2 amide bonds. The molecule has 0 aliphatic carbocycles. The predicted molar refractivity (Wildman–Crippen MR) is 198 cm³/mol. The molecule has 5 N–H and O–H groups in total. The number of aromatic hydroxyl groups is 1. The summed E-state index contributed by atoms with van der Waals surface area (Å²) in [6.07, 6.45) is 0.944. The number of carbonyl (C=O) groups is 2. The standard InChI is InChI=1S/C34H28Br4N4O7/c35-23-11-18-4-5-29(23)49-30-17-20(12-24(36)31(30)43)7-9-40-33(44)27(41-46)15-19-2-1-3-22(10-19)48-32-25(37)13-21(14-26(32)38)16-28(42-47)34(45)39-8-6-18/h1-5,10-14,17,43,46-47H,6-9,15-16H2,(H,39,45)(H,40,44)/b41-27+,42-28-. The Morgan fingerprint density at radius 3 is 1.84 bits per heavy atom. The van der Waals surface area contributed by atoms with Crippen LogP contribution in [0.4, 0.5) is 0 Å². The molecule has 0 spiro atoms. The fraction of sp³-hybridized carbons (Fsp3) is 0.176. The summed E-state index contributed by atoms with van der Waals surface area (Å²) in [5.41, 5.74) is 2.83. The van der Waals surface area contributed by atoms with Crippen LogP contribution in [0.3, 0.4) is 0 Å². The minimum atomic E-state index is -0.541. The molecular formula is C34H28Br4N4O7. The van der Waals surface area contributed by atoms with Crippen LogP contribution in [0.1, 0.15) is 22.3 Å². The second-order valence-electron chi connectivity index (χ2n) is 10.9. The van der Waals surface area contributed by atoms with Crippen molar-refractivity contribution in [3.05, 3.63) is 107 Å². The van der Waals surface area contributed by atoms with Gasteiger partial charge in [-0.25, -0.2) is 0 Å². The number of rotatable bonds is 0. The van der Waals surface area contributed by atoms with Gasteiger partial charge in [0.1, 0.15) is 22.9 Å². The molecule has 0 fully saturated rings. The van der Waals surface area contributed by atoms with Gasteiger partial charge in [0, 0.05) is 25.9 Å². The number of phenolic OH excluding ortho intramolecular Hbond substituents is 1. The molecule has 49 heavy (non-hydrogen) atoms. The van der Waals surface area contributed by atoms with E-state index in [4.69, 9.17) is 9.47 Å². The van der Waals surface area contributed by atoms with Crippen LogP contribution in [-0.4, -0.2) is 51.8 Å². The average Bonchev–Trinajstić information content (AvgIpc) is 3.07. The number of phenols is 1. The number of halogens is 4. The quantitative estimate of drug-likeness (QED) is 0.0889. The highest BCUT2D eigenvalue weighted by molar-refractivity contribution is 9.11. The molecule has 0 saturated carbocycles. The van der Waals surface area contributed by atoms with Gasteiger partial charge < -0.3 is 35.6 Å². The van der Waals surface area contributed by atoms with E-state index in [0.29, 0.717) is 59.1 Å². The lowest BCUT2D eigenvalue weighted by Crippen LogP contribution is -2.33. The van der Waals surface area contributed by atoms with Gasteiger partial charge in [-0.2, -0.15) is 0 Å². The van der Waals surface area contributed by atoms with E-state index in [-0.39, 0.29) is 48.9 Å². The molecule has 254 valence electrons. The lowest BCUT2D eigenvalue weighted by atomic mass is 10.1. The molecular weight excluding hydrogens is 896 g/mol. The number of nitrogens with one attached hydrogen (secondary N) is 2. The summed E-state index contributed by atoms with van der Waals surface area (Å²) >= 11 is 14.0. The Morgan fingerprint density at radius 2 is 1.20 bits per heavy atom. The van der Waals surface area contributed by atoms with Crippen LogP contribution in [-0.2, 0) is 35.3 Å². The van der Waals surface area contributed by atoms with Gasteiger partial charge in [-0.15, -0.1) is 0 Å².